The molecule has 21 heavy (non-hydrogen) atoms. The molecule has 0 aliphatic rings. The molecule has 1 aromatic carbocycles. The van der Waals surface area contributed by atoms with E-state index in [1.54, 1.807) is 18.3 Å². The first-order valence-corrected chi connectivity index (χ1v) is 7.25. The highest BCUT2D eigenvalue weighted by molar-refractivity contribution is 5.20. The number of hydrogen-bond donors (Lipinski definition) is 1. The molecule has 5 heteroatoms. The van der Waals surface area contributed by atoms with Gasteiger partial charge in [0.1, 0.15) is 0 Å². The number of nitrogens with zero attached hydrogens (tertiary/aromatic N) is 2. The minimum absolute atomic E-state index is 0.112. The summed E-state index contributed by atoms with van der Waals surface area (Å²) in [5.41, 5.74) is 1.56. The maximum Gasteiger partial charge on any atom is 0.162 e. The van der Waals surface area contributed by atoms with E-state index in [0.29, 0.717) is 12.0 Å². The van der Waals surface area contributed by atoms with Crippen molar-refractivity contribution < 1.29 is 8.78 Å². The highest BCUT2D eigenvalue weighted by atomic mass is 19.2. The molecule has 0 saturated heterocycles. The van der Waals surface area contributed by atoms with Gasteiger partial charge in [-0.05, 0) is 43.5 Å². The molecule has 2 rings (SSSR count). The third-order valence-electron chi connectivity index (χ3n) is 3.66. The van der Waals surface area contributed by atoms with E-state index in [0.717, 1.165) is 31.1 Å². The molecule has 1 atom stereocenters. The van der Waals surface area contributed by atoms with Crippen molar-refractivity contribution in [3.05, 3.63) is 53.4 Å². The van der Waals surface area contributed by atoms with Crippen molar-refractivity contribution in [3.63, 3.8) is 0 Å². The summed E-state index contributed by atoms with van der Waals surface area (Å²) >= 11 is 0. The molecule has 1 aromatic heterocycles. The highest BCUT2D eigenvalue weighted by Crippen LogP contribution is 2.15. The molecule has 2 aromatic rings. The van der Waals surface area contributed by atoms with Crippen LogP contribution in [0.5, 0.6) is 0 Å². The predicted molar refractivity (Wildman–Crippen MR) is 79.1 cm³/mol. The predicted octanol–water partition coefficient (Wildman–Crippen LogP) is 2.85. The standard InChI is InChI=1S/C16H21F2N3/c1-3-19-13(7-8-14-9-10-20-21(14)2)11-12-5-4-6-15(17)16(12)18/h4-6,9-10,13,19H,3,7-8,11H2,1-2H3. The van der Waals surface area contributed by atoms with E-state index in [1.165, 1.54) is 0 Å². The van der Waals surface area contributed by atoms with Crippen molar-refractivity contribution in [2.45, 2.75) is 32.2 Å². The van der Waals surface area contributed by atoms with Gasteiger partial charge in [-0.2, -0.15) is 5.10 Å². The Hall–Kier alpha value is -1.75. The molecule has 0 aliphatic carbocycles. The van der Waals surface area contributed by atoms with E-state index >= 15 is 0 Å². The summed E-state index contributed by atoms with van der Waals surface area (Å²) in [6, 6.07) is 6.44. The molecule has 0 bridgehead atoms. The minimum atomic E-state index is -0.783. The zero-order chi connectivity index (χ0) is 15.2. The summed E-state index contributed by atoms with van der Waals surface area (Å²) in [6.45, 7) is 2.81. The van der Waals surface area contributed by atoms with Gasteiger partial charge in [0.15, 0.2) is 11.6 Å². The largest absolute Gasteiger partial charge is 0.314 e. The van der Waals surface area contributed by atoms with Crippen molar-refractivity contribution in [2.24, 2.45) is 7.05 Å². The second-order valence-corrected chi connectivity index (χ2v) is 5.16. The van der Waals surface area contributed by atoms with Gasteiger partial charge in [0.05, 0.1) is 0 Å². The van der Waals surface area contributed by atoms with Crippen LogP contribution in [0.4, 0.5) is 8.78 Å². The number of aromatic nitrogens is 2. The van der Waals surface area contributed by atoms with E-state index < -0.39 is 11.6 Å². The number of aryl methyl sites for hydroxylation is 2. The van der Waals surface area contributed by atoms with Gasteiger partial charge in [-0.3, -0.25) is 4.68 Å². The molecule has 1 heterocycles. The Morgan fingerprint density at radius 1 is 1.29 bits per heavy atom. The Morgan fingerprint density at radius 3 is 2.76 bits per heavy atom. The molecule has 114 valence electrons. The van der Waals surface area contributed by atoms with Crippen molar-refractivity contribution in [2.75, 3.05) is 6.54 Å². The maximum atomic E-state index is 13.8. The smallest absolute Gasteiger partial charge is 0.162 e. The first kappa shape index (κ1) is 15.6. The molecule has 0 amide bonds. The Kier molecular flexibility index (Phi) is 5.44. The summed E-state index contributed by atoms with van der Waals surface area (Å²) in [6.07, 6.45) is 3.95. The SMILES string of the molecule is CCNC(CCc1ccnn1C)Cc1cccc(F)c1F. The monoisotopic (exact) mass is 293 g/mol. The quantitative estimate of drug-likeness (QED) is 0.850. The van der Waals surface area contributed by atoms with Gasteiger partial charge in [-0.15, -0.1) is 0 Å². The molecule has 1 N–H and O–H groups in total. The van der Waals surface area contributed by atoms with E-state index in [1.807, 2.05) is 24.7 Å². The van der Waals surface area contributed by atoms with Gasteiger partial charge in [0.2, 0.25) is 0 Å². The molecule has 0 saturated carbocycles. The first-order valence-electron chi connectivity index (χ1n) is 7.25. The van der Waals surface area contributed by atoms with Gasteiger partial charge in [0.25, 0.3) is 0 Å². The number of benzene rings is 1. The fourth-order valence-electron chi connectivity index (χ4n) is 2.51. The summed E-state index contributed by atoms with van der Waals surface area (Å²) < 4.78 is 28.9. The zero-order valence-corrected chi connectivity index (χ0v) is 12.4. The third-order valence-corrected chi connectivity index (χ3v) is 3.66. The average Bonchev–Trinajstić information content (AvgIpc) is 2.87. The Balaban J connectivity index is 2.01. The lowest BCUT2D eigenvalue weighted by atomic mass is 10.00. The molecule has 0 fully saturated rings. The molecule has 3 nitrogen and oxygen atoms in total. The van der Waals surface area contributed by atoms with Crippen molar-refractivity contribution in [1.82, 2.24) is 15.1 Å². The highest BCUT2D eigenvalue weighted by Gasteiger charge is 2.14. The van der Waals surface area contributed by atoms with Gasteiger partial charge in [-0.25, -0.2) is 8.78 Å². The van der Waals surface area contributed by atoms with Crippen LogP contribution in [0.2, 0.25) is 0 Å². The third kappa shape index (κ3) is 4.11. The lowest BCUT2D eigenvalue weighted by Crippen LogP contribution is -2.32. The molecule has 0 radical (unpaired) electrons. The van der Waals surface area contributed by atoms with Crippen molar-refractivity contribution in [1.29, 1.82) is 0 Å². The summed E-state index contributed by atoms with van der Waals surface area (Å²) in [5.74, 6) is -1.52. The normalized spacial score (nSPS) is 12.6. The molecular weight excluding hydrogens is 272 g/mol. The Bertz CT molecular complexity index is 581. The van der Waals surface area contributed by atoms with Crippen LogP contribution in [0.1, 0.15) is 24.6 Å². The number of rotatable bonds is 7. The number of halogens is 2. The fraction of sp³-hybridized carbons (Fsp3) is 0.438. The van der Waals surface area contributed by atoms with Crippen LogP contribution in [-0.4, -0.2) is 22.4 Å². The lowest BCUT2D eigenvalue weighted by molar-refractivity contribution is 0.457. The molecular formula is C16H21F2N3. The fourth-order valence-corrected chi connectivity index (χ4v) is 2.51. The Labute approximate surface area is 124 Å². The lowest BCUT2D eigenvalue weighted by Gasteiger charge is -2.18. The maximum absolute atomic E-state index is 13.8. The minimum Gasteiger partial charge on any atom is -0.314 e. The van der Waals surface area contributed by atoms with Crippen LogP contribution in [0, 0.1) is 11.6 Å². The van der Waals surface area contributed by atoms with Gasteiger partial charge < -0.3 is 5.32 Å². The second-order valence-electron chi connectivity index (χ2n) is 5.16. The first-order chi connectivity index (χ1) is 10.1. The van der Waals surface area contributed by atoms with Gasteiger partial charge >= 0.3 is 0 Å². The van der Waals surface area contributed by atoms with Crippen molar-refractivity contribution in [3.8, 4) is 0 Å². The van der Waals surface area contributed by atoms with Crippen LogP contribution in [-0.2, 0) is 19.9 Å². The number of likely N-dealkylation sites (N-methyl/N-ethyl adjacent to an activating group) is 1. The van der Waals surface area contributed by atoms with Crippen LogP contribution >= 0.6 is 0 Å². The molecule has 0 aliphatic heterocycles. The van der Waals surface area contributed by atoms with E-state index in [2.05, 4.69) is 10.4 Å². The summed E-state index contributed by atoms with van der Waals surface area (Å²) in [7, 11) is 1.91. The molecule has 0 spiro atoms. The summed E-state index contributed by atoms with van der Waals surface area (Å²) in [4.78, 5) is 0. The zero-order valence-electron chi connectivity index (χ0n) is 12.4. The van der Waals surface area contributed by atoms with Crippen LogP contribution in [0.3, 0.4) is 0 Å². The van der Waals surface area contributed by atoms with Crippen LogP contribution in [0.25, 0.3) is 0 Å². The topological polar surface area (TPSA) is 29.9 Å². The second kappa shape index (κ2) is 7.31. The van der Waals surface area contributed by atoms with Gasteiger partial charge in [-0.1, -0.05) is 19.1 Å². The average molecular weight is 293 g/mol. The number of hydrogen-bond acceptors (Lipinski definition) is 2. The van der Waals surface area contributed by atoms with E-state index in [-0.39, 0.29) is 6.04 Å². The van der Waals surface area contributed by atoms with Crippen LogP contribution < -0.4 is 5.32 Å². The van der Waals surface area contributed by atoms with E-state index in [9.17, 15) is 8.78 Å². The Morgan fingerprint density at radius 2 is 2.10 bits per heavy atom. The number of nitrogens with one attached hydrogen (secondary N) is 1. The van der Waals surface area contributed by atoms with E-state index in [4.69, 9.17) is 0 Å². The van der Waals surface area contributed by atoms with Crippen LogP contribution in [0.15, 0.2) is 30.5 Å². The van der Waals surface area contributed by atoms with Crippen molar-refractivity contribution >= 4 is 0 Å². The van der Waals surface area contributed by atoms with Gasteiger partial charge in [0, 0.05) is 25.0 Å². The summed E-state index contributed by atoms with van der Waals surface area (Å²) in [5, 5.41) is 7.48. The molecule has 1 unspecified atom stereocenters.